The Morgan fingerprint density at radius 3 is 2.76 bits per heavy atom. The van der Waals surface area contributed by atoms with Crippen LogP contribution in [0.4, 0.5) is 0 Å². The fourth-order valence-electron chi connectivity index (χ4n) is 1.98. The summed E-state index contributed by atoms with van der Waals surface area (Å²) < 4.78 is 1.64. The van der Waals surface area contributed by atoms with Crippen LogP contribution in [0.3, 0.4) is 0 Å². The molecule has 0 bridgehead atoms. The first-order chi connectivity index (χ1) is 8.16. The Morgan fingerprint density at radius 2 is 2.18 bits per heavy atom. The molecule has 2 heterocycles. The molecular formula is C11H19N5O. The average molecular weight is 237 g/mol. The van der Waals surface area contributed by atoms with E-state index in [2.05, 4.69) is 10.5 Å². The lowest BCUT2D eigenvalue weighted by molar-refractivity contribution is -0.127. The molecule has 0 saturated carbocycles. The van der Waals surface area contributed by atoms with E-state index in [0.29, 0.717) is 0 Å². The number of aromatic nitrogens is 2. The number of piperidine rings is 1. The molecular weight excluding hydrogens is 218 g/mol. The quantitative estimate of drug-likeness (QED) is 0.772. The van der Waals surface area contributed by atoms with Crippen LogP contribution in [0.15, 0.2) is 12.4 Å². The van der Waals surface area contributed by atoms with Gasteiger partial charge in [0.2, 0.25) is 0 Å². The maximum absolute atomic E-state index is 11.9. The van der Waals surface area contributed by atoms with Gasteiger partial charge in [0.25, 0.3) is 5.91 Å². The lowest BCUT2D eigenvalue weighted by atomic mass is 10.1. The Balaban J connectivity index is 1.90. The van der Waals surface area contributed by atoms with E-state index in [1.165, 1.54) is 6.42 Å². The average Bonchev–Trinajstić information content (AvgIpc) is 2.76. The Labute approximate surface area is 101 Å². The first kappa shape index (κ1) is 12.1. The smallest absolute Gasteiger partial charge is 0.255 e. The zero-order chi connectivity index (χ0) is 12.3. The first-order valence-electron chi connectivity index (χ1n) is 5.96. The van der Waals surface area contributed by atoms with Crippen LogP contribution in [-0.2, 0) is 11.8 Å². The molecule has 0 aliphatic carbocycles. The fraction of sp³-hybridized carbons (Fsp3) is 0.636. The van der Waals surface area contributed by atoms with Gasteiger partial charge in [-0.25, -0.2) is 5.01 Å². The van der Waals surface area contributed by atoms with E-state index in [-0.39, 0.29) is 5.91 Å². The second-order valence-corrected chi connectivity index (χ2v) is 4.45. The normalized spacial score (nSPS) is 18.9. The highest BCUT2D eigenvalue weighted by Crippen LogP contribution is 2.10. The van der Waals surface area contributed by atoms with Crippen molar-refractivity contribution in [1.82, 2.24) is 20.2 Å². The molecule has 0 aromatic carbocycles. The third kappa shape index (κ3) is 3.04. The summed E-state index contributed by atoms with van der Waals surface area (Å²) in [6.07, 6.45) is 6.88. The summed E-state index contributed by atoms with van der Waals surface area (Å²) in [5.41, 5.74) is 9.47. The van der Waals surface area contributed by atoms with E-state index in [1.807, 2.05) is 5.01 Å². The number of hydrogen-bond acceptors (Lipinski definition) is 4. The lowest BCUT2D eigenvalue weighted by Gasteiger charge is -2.27. The van der Waals surface area contributed by atoms with Crippen molar-refractivity contribution in [2.75, 3.05) is 13.1 Å². The second-order valence-electron chi connectivity index (χ2n) is 4.45. The van der Waals surface area contributed by atoms with Crippen molar-refractivity contribution in [3.8, 4) is 0 Å². The van der Waals surface area contributed by atoms with Crippen LogP contribution in [0.2, 0.25) is 0 Å². The number of hydrazine groups is 1. The molecule has 6 heteroatoms. The fourth-order valence-corrected chi connectivity index (χ4v) is 1.98. The molecule has 1 saturated heterocycles. The molecule has 1 aromatic rings. The second kappa shape index (κ2) is 5.29. The van der Waals surface area contributed by atoms with Gasteiger partial charge in [-0.2, -0.15) is 5.10 Å². The Hall–Kier alpha value is -1.40. The van der Waals surface area contributed by atoms with Crippen LogP contribution in [0.5, 0.6) is 0 Å². The standard InChI is InChI=1S/C11H19N5O/c1-15-8-9(7-13-15)10(12)11(17)14-16-5-3-2-4-6-16/h7-8,10H,2-6,12H2,1H3,(H,14,17). The summed E-state index contributed by atoms with van der Waals surface area (Å²) in [4.78, 5) is 11.9. The Kier molecular flexibility index (Phi) is 3.75. The van der Waals surface area contributed by atoms with Crippen molar-refractivity contribution in [2.24, 2.45) is 12.8 Å². The highest BCUT2D eigenvalue weighted by molar-refractivity contribution is 5.82. The van der Waals surface area contributed by atoms with E-state index < -0.39 is 6.04 Å². The van der Waals surface area contributed by atoms with Crippen molar-refractivity contribution in [1.29, 1.82) is 0 Å². The van der Waals surface area contributed by atoms with Crippen LogP contribution >= 0.6 is 0 Å². The minimum Gasteiger partial charge on any atom is -0.316 e. The number of amides is 1. The van der Waals surface area contributed by atoms with Gasteiger partial charge in [-0.05, 0) is 12.8 Å². The van der Waals surface area contributed by atoms with Crippen LogP contribution in [0.1, 0.15) is 30.9 Å². The van der Waals surface area contributed by atoms with Gasteiger partial charge in [0.05, 0.1) is 6.20 Å². The molecule has 2 rings (SSSR count). The molecule has 1 atom stereocenters. The maximum atomic E-state index is 11.9. The number of nitrogens with one attached hydrogen (secondary N) is 1. The van der Waals surface area contributed by atoms with Gasteiger partial charge in [-0.3, -0.25) is 14.9 Å². The van der Waals surface area contributed by atoms with Gasteiger partial charge in [-0.15, -0.1) is 0 Å². The van der Waals surface area contributed by atoms with E-state index in [4.69, 9.17) is 5.73 Å². The first-order valence-corrected chi connectivity index (χ1v) is 5.96. The lowest BCUT2D eigenvalue weighted by Crippen LogP contribution is -2.48. The summed E-state index contributed by atoms with van der Waals surface area (Å²) in [6, 6.07) is -0.648. The molecule has 1 unspecified atom stereocenters. The van der Waals surface area contributed by atoms with E-state index in [0.717, 1.165) is 31.5 Å². The highest BCUT2D eigenvalue weighted by atomic mass is 16.2. The van der Waals surface area contributed by atoms with Gasteiger partial charge in [-0.1, -0.05) is 6.42 Å². The predicted molar refractivity (Wildman–Crippen MR) is 63.7 cm³/mol. The van der Waals surface area contributed by atoms with Gasteiger partial charge in [0.1, 0.15) is 6.04 Å². The van der Waals surface area contributed by atoms with Gasteiger partial charge in [0, 0.05) is 31.9 Å². The third-order valence-corrected chi connectivity index (χ3v) is 2.99. The van der Waals surface area contributed by atoms with Crippen LogP contribution < -0.4 is 11.2 Å². The number of aryl methyl sites for hydroxylation is 1. The number of nitrogens with zero attached hydrogens (tertiary/aromatic N) is 3. The summed E-state index contributed by atoms with van der Waals surface area (Å²) in [6.45, 7) is 1.82. The number of carbonyl (C=O) groups is 1. The number of hydrogen-bond donors (Lipinski definition) is 2. The SMILES string of the molecule is Cn1cc(C(N)C(=O)NN2CCCCC2)cn1. The molecule has 1 amide bonds. The molecule has 3 N–H and O–H groups in total. The van der Waals surface area contributed by atoms with Crippen molar-refractivity contribution >= 4 is 5.91 Å². The van der Waals surface area contributed by atoms with Crippen LogP contribution in [0, 0.1) is 0 Å². The van der Waals surface area contributed by atoms with Crippen LogP contribution in [-0.4, -0.2) is 33.8 Å². The van der Waals surface area contributed by atoms with E-state index >= 15 is 0 Å². The zero-order valence-electron chi connectivity index (χ0n) is 10.1. The zero-order valence-corrected chi connectivity index (χ0v) is 10.1. The largest absolute Gasteiger partial charge is 0.316 e. The minimum atomic E-state index is -0.648. The molecule has 1 aliphatic heterocycles. The molecule has 94 valence electrons. The summed E-state index contributed by atoms with van der Waals surface area (Å²) in [5.74, 6) is -0.167. The highest BCUT2D eigenvalue weighted by Gasteiger charge is 2.20. The minimum absolute atomic E-state index is 0.167. The number of rotatable bonds is 3. The molecule has 6 nitrogen and oxygen atoms in total. The van der Waals surface area contributed by atoms with Crippen molar-refractivity contribution in [3.63, 3.8) is 0 Å². The molecule has 0 spiro atoms. The number of carbonyl (C=O) groups excluding carboxylic acids is 1. The van der Waals surface area contributed by atoms with Gasteiger partial charge >= 0.3 is 0 Å². The predicted octanol–water partition coefficient (Wildman–Crippen LogP) is -0.0630. The van der Waals surface area contributed by atoms with Crippen molar-refractivity contribution in [2.45, 2.75) is 25.3 Å². The Morgan fingerprint density at radius 1 is 1.47 bits per heavy atom. The van der Waals surface area contributed by atoms with Gasteiger partial charge < -0.3 is 5.73 Å². The van der Waals surface area contributed by atoms with Crippen LogP contribution in [0.25, 0.3) is 0 Å². The van der Waals surface area contributed by atoms with E-state index in [1.54, 1.807) is 24.1 Å². The molecule has 1 fully saturated rings. The monoisotopic (exact) mass is 237 g/mol. The maximum Gasteiger partial charge on any atom is 0.255 e. The molecule has 0 radical (unpaired) electrons. The molecule has 17 heavy (non-hydrogen) atoms. The molecule has 1 aliphatic rings. The Bertz CT molecular complexity index is 383. The summed E-state index contributed by atoms with van der Waals surface area (Å²) >= 11 is 0. The third-order valence-electron chi connectivity index (χ3n) is 2.99. The number of nitrogens with two attached hydrogens (primary N) is 1. The molecule has 1 aromatic heterocycles. The summed E-state index contributed by atoms with van der Waals surface area (Å²) in [5, 5.41) is 5.96. The topological polar surface area (TPSA) is 76.2 Å². The van der Waals surface area contributed by atoms with Crippen molar-refractivity contribution in [3.05, 3.63) is 18.0 Å². The van der Waals surface area contributed by atoms with Crippen molar-refractivity contribution < 1.29 is 4.79 Å². The van der Waals surface area contributed by atoms with E-state index in [9.17, 15) is 4.79 Å². The van der Waals surface area contributed by atoms with Gasteiger partial charge in [0.15, 0.2) is 0 Å². The summed E-state index contributed by atoms with van der Waals surface area (Å²) in [7, 11) is 1.80.